The second-order valence-corrected chi connectivity index (χ2v) is 4.65. The van der Waals surface area contributed by atoms with Crippen molar-refractivity contribution in [3.05, 3.63) is 58.6 Å². The van der Waals surface area contributed by atoms with Crippen LogP contribution in [0, 0.1) is 0 Å². The number of para-hydroxylation sites is 1. The number of anilines is 2. The van der Waals surface area contributed by atoms with Crippen molar-refractivity contribution in [2.24, 2.45) is 0 Å². The van der Waals surface area contributed by atoms with E-state index in [4.69, 9.17) is 17.3 Å². The van der Waals surface area contributed by atoms with Gasteiger partial charge < -0.3 is 11.1 Å². The van der Waals surface area contributed by atoms with Crippen LogP contribution in [0.5, 0.6) is 0 Å². The van der Waals surface area contributed by atoms with E-state index < -0.39 is 11.7 Å². The Balaban J connectivity index is 2.17. The van der Waals surface area contributed by atoms with Crippen LogP contribution in [-0.4, -0.2) is 0 Å². The Morgan fingerprint density at radius 3 is 2.45 bits per heavy atom. The van der Waals surface area contributed by atoms with E-state index in [-0.39, 0.29) is 5.02 Å². The van der Waals surface area contributed by atoms with Gasteiger partial charge in [0.15, 0.2) is 0 Å². The Labute approximate surface area is 119 Å². The van der Waals surface area contributed by atoms with Crippen LogP contribution in [0.4, 0.5) is 24.5 Å². The third-order valence-corrected chi connectivity index (χ3v) is 3.14. The molecule has 2 aromatic rings. The fraction of sp³-hybridized carbons (Fsp3) is 0.143. The topological polar surface area (TPSA) is 38.0 Å². The summed E-state index contributed by atoms with van der Waals surface area (Å²) in [4.78, 5) is 0. The van der Waals surface area contributed by atoms with Crippen LogP contribution in [0.3, 0.4) is 0 Å². The zero-order valence-corrected chi connectivity index (χ0v) is 11.1. The molecule has 106 valence electrons. The minimum atomic E-state index is -4.47. The van der Waals surface area contributed by atoms with Gasteiger partial charge in [-0.15, -0.1) is 0 Å². The van der Waals surface area contributed by atoms with Crippen molar-refractivity contribution in [3.8, 4) is 0 Å². The largest absolute Gasteiger partial charge is 0.417 e. The van der Waals surface area contributed by atoms with Gasteiger partial charge in [-0.25, -0.2) is 0 Å². The summed E-state index contributed by atoms with van der Waals surface area (Å²) in [7, 11) is 0. The summed E-state index contributed by atoms with van der Waals surface area (Å²) in [6, 6.07) is 10.9. The smallest absolute Gasteiger partial charge is 0.398 e. The fourth-order valence-corrected chi connectivity index (χ4v) is 1.97. The van der Waals surface area contributed by atoms with E-state index >= 15 is 0 Å². The second kappa shape index (κ2) is 5.63. The molecule has 20 heavy (non-hydrogen) atoms. The maximum absolute atomic E-state index is 12.7. The summed E-state index contributed by atoms with van der Waals surface area (Å²) in [5.41, 5.74) is 6.65. The highest BCUT2D eigenvalue weighted by molar-refractivity contribution is 6.31. The molecule has 2 aromatic carbocycles. The molecule has 2 rings (SSSR count). The lowest BCUT2D eigenvalue weighted by Crippen LogP contribution is -2.08. The third-order valence-electron chi connectivity index (χ3n) is 2.81. The first-order valence-electron chi connectivity index (χ1n) is 5.82. The number of nitrogens with one attached hydrogen (secondary N) is 1. The molecule has 3 N–H and O–H groups in total. The Morgan fingerprint density at radius 2 is 1.80 bits per heavy atom. The van der Waals surface area contributed by atoms with E-state index in [9.17, 15) is 13.2 Å². The predicted octanol–water partition coefficient (Wildman–Crippen LogP) is 4.55. The second-order valence-electron chi connectivity index (χ2n) is 4.24. The number of halogens is 4. The number of rotatable bonds is 3. The molecule has 2 nitrogen and oxygen atoms in total. The maximum atomic E-state index is 12.7. The minimum Gasteiger partial charge on any atom is -0.398 e. The zero-order chi connectivity index (χ0) is 14.8. The van der Waals surface area contributed by atoms with Crippen LogP contribution in [0.15, 0.2) is 42.5 Å². The molecule has 0 saturated carbocycles. The van der Waals surface area contributed by atoms with Crippen LogP contribution in [0.25, 0.3) is 0 Å². The molecular weight excluding hydrogens is 289 g/mol. The Kier molecular flexibility index (Phi) is 4.09. The lowest BCUT2D eigenvalue weighted by molar-refractivity contribution is -0.137. The Bertz CT molecular complexity index is 612. The highest BCUT2D eigenvalue weighted by Gasteiger charge is 2.33. The van der Waals surface area contributed by atoms with Crippen molar-refractivity contribution in [3.63, 3.8) is 0 Å². The summed E-state index contributed by atoms with van der Waals surface area (Å²) in [6.07, 6.45) is -4.47. The third kappa shape index (κ3) is 3.36. The van der Waals surface area contributed by atoms with Gasteiger partial charge in [-0.05, 0) is 29.8 Å². The highest BCUT2D eigenvalue weighted by Crippen LogP contribution is 2.36. The van der Waals surface area contributed by atoms with Gasteiger partial charge in [-0.2, -0.15) is 13.2 Å². The van der Waals surface area contributed by atoms with E-state index in [1.165, 1.54) is 12.1 Å². The number of nitrogen functional groups attached to an aromatic ring is 1. The lowest BCUT2D eigenvalue weighted by atomic mass is 10.1. The summed E-state index contributed by atoms with van der Waals surface area (Å²) in [5, 5.41) is 2.59. The van der Waals surface area contributed by atoms with E-state index in [1.807, 2.05) is 12.1 Å². The predicted molar refractivity (Wildman–Crippen MR) is 74.6 cm³/mol. The molecule has 0 amide bonds. The van der Waals surface area contributed by atoms with Crippen LogP contribution in [0.2, 0.25) is 5.02 Å². The molecule has 0 fully saturated rings. The normalized spacial score (nSPS) is 11.4. The molecule has 0 saturated heterocycles. The lowest BCUT2D eigenvalue weighted by Gasteiger charge is -2.13. The Morgan fingerprint density at radius 1 is 1.10 bits per heavy atom. The van der Waals surface area contributed by atoms with Gasteiger partial charge in [0, 0.05) is 17.9 Å². The van der Waals surface area contributed by atoms with Gasteiger partial charge in [0.05, 0.1) is 10.6 Å². The average Bonchev–Trinajstić information content (AvgIpc) is 2.38. The van der Waals surface area contributed by atoms with Crippen molar-refractivity contribution < 1.29 is 13.2 Å². The molecule has 0 bridgehead atoms. The monoisotopic (exact) mass is 300 g/mol. The number of hydrogen-bond acceptors (Lipinski definition) is 2. The molecule has 6 heteroatoms. The summed E-state index contributed by atoms with van der Waals surface area (Å²) in [5.74, 6) is 0. The van der Waals surface area contributed by atoms with Crippen molar-refractivity contribution >= 4 is 23.0 Å². The quantitative estimate of drug-likeness (QED) is 0.816. The van der Waals surface area contributed by atoms with Gasteiger partial charge >= 0.3 is 6.18 Å². The first-order chi connectivity index (χ1) is 9.38. The van der Waals surface area contributed by atoms with Crippen LogP contribution in [-0.2, 0) is 12.7 Å². The van der Waals surface area contributed by atoms with E-state index in [2.05, 4.69) is 5.32 Å². The average molecular weight is 301 g/mol. The van der Waals surface area contributed by atoms with Gasteiger partial charge in [0.2, 0.25) is 0 Å². The molecule has 0 aromatic heterocycles. The number of nitrogens with two attached hydrogens (primary N) is 1. The molecule has 0 radical (unpaired) electrons. The first kappa shape index (κ1) is 14.5. The first-order valence-corrected chi connectivity index (χ1v) is 6.20. The molecule has 0 heterocycles. The zero-order valence-electron chi connectivity index (χ0n) is 10.3. The van der Waals surface area contributed by atoms with Gasteiger partial charge in [-0.3, -0.25) is 0 Å². The highest BCUT2D eigenvalue weighted by atomic mass is 35.5. The van der Waals surface area contributed by atoms with Crippen molar-refractivity contribution in [2.75, 3.05) is 11.1 Å². The molecule has 0 spiro atoms. The van der Waals surface area contributed by atoms with Gasteiger partial charge in [0.25, 0.3) is 0 Å². The summed E-state index contributed by atoms with van der Waals surface area (Å²) < 4.78 is 38.2. The standard InChI is InChI=1S/C14H12ClF3N2/c15-12-6-5-10(7-11(12)14(16,17)18)20-8-9-3-1-2-4-13(9)19/h1-7,20H,8,19H2. The molecule has 0 aliphatic carbocycles. The van der Waals surface area contributed by atoms with Crippen molar-refractivity contribution in [2.45, 2.75) is 12.7 Å². The summed E-state index contributed by atoms with van der Waals surface area (Å²) >= 11 is 5.56. The van der Waals surface area contributed by atoms with E-state index in [0.717, 1.165) is 11.6 Å². The van der Waals surface area contributed by atoms with Gasteiger partial charge in [-0.1, -0.05) is 29.8 Å². The summed E-state index contributed by atoms with van der Waals surface area (Å²) in [6.45, 7) is 0.339. The van der Waals surface area contributed by atoms with E-state index in [0.29, 0.717) is 17.9 Å². The number of hydrogen-bond donors (Lipinski definition) is 2. The molecule has 0 aliphatic heterocycles. The molecular formula is C14H12ClF3N2. The number of alkyl halides is 3. The van der Waals surface area contributed by atoms with Crippen LogP contribution < -0.4 is 11.1 Å². The fourth-order valence-electron chi connectivity index (χ4n) is 1.74. The van der Waals surface area contributed by atoms with Crippen LogP contribution >= 0.6 is 11.6 Å². The van der Waals surface area contributed by atoms with Crippen molar-refractivity contribution in [1.29, 1.82) is 0 Å². The minimum absolute atomic E-state index is 0.317. The number of benzene rings is 2. The van der Waals surface area contributed by atoms with Gasteiger partial charge in [0.1, 0.15) is 0 Å². The van der Waals surface area contributed by atoms with Crippen molar-refractivity contribution in [1.82, 2.24) is 0 Å². The van der Waals surface area contributed by atoms with E-state index in [1.54, 1.807) is 12.1 Å². The molecule has 0 unspecified atom stereocenters. The Hall–Kier alpha value is -1.88. The van der Waals surface area contributed by atoms with Crippen LogP contribution in [0.1, 0.15) is 11.1 Å². The molecule has 0 atom stereocenters. The maximum Gasteiger partial charge on any atom is 0.417 e. The SMILES string of the molecule is Nc1ccccc1CNc1ccc(Cl)c(C(F)(F)F)c1. The molecule has 0 aliphatic rings.